The minimum absolute atomic E-state index is 0.0859. The van der Waals surface area contributed by atoms with Crippen LogP contribution in [0.3, 0.4) is 0 Å². The van der Waals surface area contributed by atoms with E-state index in [0.29, 0.717) is 12.4 Å². The van der Waals surface area contributed by atoms with Gasteiger partial charge in [-0.05, 0) is 19.1 Å². The van der Waals surface area contributed by atoms with E-state index in [9.17, 15) is 9.59 Å². The van der Waals surface area contributed by atoms with Crippen LogP contribution in [0.2, 0.25) is 0 Å². The summed E-state index contributed by atoms with van der Waals surface area (Å²) in [5, 5.41) is 5.55. The van der Waals surface area contributed by atoms with Crippen LogP contribution in [0.25, 0.3) is 22.6 Å². The van der Waals surface area contributed by atoms with Crippen LogP contribution in [-0.2, 0) is 16.1 Å². The van der Waals surface area contributed by atoms with Crippen molar-refractivity contribution in [2.45, 2.75) is 19.9 Å². The maximum absolute atomic E-state index is 12.3. The van der Waals surface area contributed by atoms with E-state index in [-0.39, 0.29) is 30.7 Å². The molecule has 1 atom stereocenters. The molecule has 4 rings (SSSR count). The van der Waals surface area contributed by atoms with Crippen LogP contribution >= 0.6 is 0 Å². The topological polar surface area (TPSA) is 99.8 Å². The summed E-state index contributed by atoms with van der Waals surface area (Å²) >= 11 is 0. The van der Waals surface area contributed by atoms with Gasteiger partial charge in [0.25, 0.3) is 0 Å². The maximum Gasteiger partial charge on any atom is 0.225 e. The number of hydrogen-bond donors (Lipinski definition) is 3. The van der Waals surface area contributed by atoms with Crippen molar-refractivity contribution in [2.75, 3.05) is 6.54 Å². The van der Waals surface area contributed by atoms with Crippen molar-refractivity contribution in [1.82, 2.24) is 25.6 Å². The zero-order valence-corrected chi connectivity index (χ0v) is 15.5. The molecule has 28 heavy (non-hydrogen) atoms. The molecular weight excluding hydrogens is 354 g/mol. The number of imidazole rings is 1. The largest absolute Gasteiger partial charge is 0.355 e. The molecule has 2 aromatic heterocycles. The van der Waals surface area contributed by atoms with Gasteiger partial charge in [0.15, 0.2) is 0 Å². The minimum Gasteiger partial charge on any atom is -0.355 e. The lowest BCUT2D eigenvalue weighted by atomic mass is 10.1. The summed E-state index contributed by atoms with van der Waals surface area (Å²) in [6.07, 6.45) is 1.97. The standard InChI is InChI=1S/C21H21N5O2/c1-13-5-7-14(8-6-13)19-20(16-4-2-3-9-22-16)26-17(25-19)12-24-21(28)15-10-18(27)23-11-15/h2-9,15H,10-12H2,1H3,(H,23,27)(H,24,28)(H,25,26)/t15-/m0/s1. The molecular formula is C21H21N5O2. The molecule has 2 amide bonds. The molecule has 1 aliphatic heterocycles. The Labute approximate surface area is 162 Å². The fraction of sp³-hybridized carbons (Fsp3) is 0.238. The molecule has 0 aliphatic carbocycles. The van der Waals surface area contributed by atoms with Crippen molar-refractivity contribution in [3.05, 3.63) is 60.0 Å². The number of aryl methyl sites for hydroxylation is 1. The third-order valence-electron chi connectivity index (χ3n) is 4.78. The summed E-state index contributed by atoms with van der Waals surface area (Å²) in [6, 6.07) is 13.8. The number of rotatable bonds is 5. The van der Waals surface area contributed by atoms with Gasteiger partial charge in [-0.2, -0.15) is 0 Å². The van der Waals surface area contributed by atoms with Gasteiger partial charge in [0.1, 0.15) is 5.82 Å². The number of nitrogens with zero attached hydrogens (tertiary/aromatic N) is 2. The molecule has 1 saturated heterocycles. The van der Waals surface area contributed by atoms with Crippen LogP contribution < -0.4 is 10.6 Å². The molecule has 0 unspecified atom stereocenters. The van der Waals surface area contributed by atoms with Crippen molar-refractivity contribution in [1.29, 1.82) is 0 Å². The average molecular weight is 375 g/mol. The Morgan fingerprint density at radius 2 is 2.04 bits per heavy atom. The molecule has 3 N–H and O–H groups in total. The van der Waals surface area contributed by atoms with E-state index in [0.717, 1.165) is 22.6 Å². The van der Waals surface area contributed by atoms with Crippen LogP contribution in [0.4, 0.5) is 0 Å². The maximum atomic E-state index is 12.3. The molecule has 0 saturated carbocycles. The SMILES string of the molecule is Cc1ccc(-c2nc(CNC(=O)[C@@H]3CNC(=O)C3)[nH]c2-c2ccccn2)cc1. The number of benzene rings is 1. The van der Waals surface area contributed by atoms with E-state index in [4.69, 9.17) is 4.98 Å². The molecule has 0 radical (unpaired) electrons. The first-order valence-electron chi connectivity index (χ1n) is 9.22. The molecule has 3 heterocycles. The van der Waals surface area contributed by atoms with Gasteiger partial charge in [-0.15, -0.1) is 0 Å². The molecule has 7 heteroatoms. The fourth-order valence-electron chi connectivity index (χ4n) is 3.23. The number of aromatic nitrogens is 3. The first-order chi connectivity index (χ1) is 13.6. The number of nitrogens with one attached hydrogen (secondary N) is 3. The van der Waals surface area contributed by atoms with Gasteiger partial charge in [-0.25, -0.2) is 4.98 Å². The summed E-state index contributed by atoms with van der Waals surface area (Å²) in [5.74, 6) is 0.0828. The van der Waals surface area contributed by atoms with Gasteiger partial charge in [0.2, 0.25) is 11.8 Å². The lowest BCUT2D eigenvalue weighted by Crippen LogP contribution is -2.31. The molecule has 1 aliphatic rings. The second-order valence-electron chi connectivity index (χ2n) is 6.91. The quantitative estimate of drug-likeness (QED) is 0.636. The number of carbonyl (C=O) groups is 2. The highest BCUT2D eigenvalue weighted by atomic mass is 16.2. The average Bonchev–Trinajstić information content (AvgIpc) is 3.34. The minimum atomic E-state index is -0.325. The molecule has 1 fully saturated rings. The van der Waals surface area contributed by atoms with E-state index < -0.39 is 0 Å². The summed E-state index contributed by atoms with van der Waals surface area (Å²) in [4.78, 5) is 36.0. The van der Waals surface area contributed by atoms with Crippen molar-refractivity contribution in [3.8, 4) is 22.6 Å². The van der Waals surface area contributed by atoms with Crippen LogP contribution in [0.5, 0.6) is 0 Å². The third-order valence-corrected chi connectivity index (χ3v) is 4.78. The van der Waals surface area contributed by atoms with Crippen LogP contribution in [-0.4, -0.2) is 33.3 Å². The Bertz CT molecular complexity index is 995. The first kappa shape index (κ1) is 17.9. The Kier molecular flexibility index (Phi) is 4.89. The predicted octanol–water partition coefficient (Wildman–Crippen LogP) is 2.20. The van der Waals surface area contributed by atoms with Gasteiger partial charge in [-0.1, -0.05) is 35.9 Å². The Balaban J connectivity index is 1.59. The smallest absolute Gasteiger partial charge is 0.225 e. The lowest BCUT2D eigenvalue weighted by Gasteiger charge is -2.07. The van der Waals surface area contributed by atoms with E-state index in [1.54, 1.807) is 6.20 Å². The number of amides is 2. The molecule has 1 aromatic carbocycles. The van der Waals surface area contributed by atoms with E-state index in [1.807, 2.05) is 49.4 Å². The zero-order chi connectivity index (χ0) is 19.5. The van der Waals surface area contributed by atoms with E-state index >= 15 is 0 Å². The lowest BCUT2D eigenvalue weighted by molar-refractivity contribution is -0.126. The monoisotopic (exact) mass is 375 g/mol. The molecule has 0 spiro atoms. The summed E-state index contributed by atoms with van der Waals surface area (Å²) in [7, 11) is 0. The second kappa shape index (κ2) is 7.64. The third kappa shape index (κ3) is 3.78. The normalized spacial score (nSPS) is 16.0. The first-order valence-corrected chi connectivity index (χ1v) is 9.22. The molecule has 0 bridgehead atoms. The highest BCUT2D eigenvalue weighted by Gasteiger charge is 2.27. The second-order valence-corrected chi connectivity index (χ2v) is 6.91. The van der Waals surface area contributed by atoms with E-state index in [1.165, 1.54) is 5.56 Å². The van der Waals surface area contributed by atoms with Gasteiger partial charge < -0.3 is 15.6 Å². The van der Waals surface area contributed by atoms with Crippen molar-refractivity contribution in [2.24, 2.45) is 5.92 Å². The van der Waals surface area contributed by atoms with Crippen molar-refractivity contribution in [3.63, 3.8) is 0 Å². The zero-order valence-electron chi connectivity index (χ0n) is 15.5. The van der Waals surface area contributed by atoms with E-state index in [2.05, 4.69) is 20.6 Å². The number of aromatic amines is 1. The predicted molar refractivity (Wildman–Crippen MR) is 105 cm³/mol. The van der Waals surface area contributed by atoms with Crippen molar-refractivity contribution < 1.29 is 9.59 Å². The van der Waals surface area contributed by atoms with Gasteiger partial charge in [0, 0.05) is 24.7 Å². The van der Waals surface area contributed by atoms with Crippen LogP contribution in [0.1, 0.15) is 17.8 Å². The molecule has 142 valence electrons. The fourth-order valence-corrected chi connectivity index (χ4v) is 3.23. The van der Waals surface area contributed by atoms with Crippen LogP contribution in [0, 0.1) is 12.8 Å². The summed E-state index contributed by atoms with van der Waals surface area (Å²) in [5.41, 5.74) is 4.54. The molecule has 3 aromatic rings. The Hall–Kier alpha value is -3.48. The number of hydrogen-bond acceptors (Lipinski definition) is 4. The highest BCUT2D eigenvalue weighted by Crippen LogP contribution is 2.29. The Morgan fingerprint density at radius 1 is 1.21 bits per heavy atom. The van der Waals surface area contributed by atoms with Gasteiger partial charge in [0.05, 0.1) is 29.5 Å². The van der Waals surface area contributed by atoms with Gasteiger partial charge in [-0.3, -0.25) is 14.6 Å². The summed E-state index contributed by atoms with van der Waals surface area (Å²) < 4.78 is 0. The van der Waals surface area contributed by atoms with Gasteiger partial charge >= 0.3 is 0 Å². The van der Waals surface area contributed by atoms with Crippen molar-refractivity contribution >= 4 is 11.8 Å². The molecule has 7 nitrogen and oxygen atoms in total. The summed E-state index contributed by atoms with van der Waals surface area (Å²) in [6.45, 7) is 2.68. The highest BCUT2D eigenvalue weighted by molar-refractivity contribution is 5.89. The number of H-pyrrole nitrogens is 1. The Morgan fingerprint density at radius 3 is 2.71 bits per heavy atom. The number of pyridine rings is 1. The van der Waals surface area contributed by atoms with Crippen LogP contribution in [0.15, 0.2) is 48.7 Å². The number of carbonyl (C=O) groups excluding carboxylic acids is 2.